The number of benzene rings is 1. The van der Waals surface area contributed by atoms with E-state index in [9.17, 15) is 4.79 Å². The van der Waals surface area contributed by atoms with Crippen molar-refractivity contribution < 1.29 is 15.0 Å². The molecule has 0 atom stereocenters. The highest BCUT2D eigenvalue weighted by molar-refractivity contribution is 5.95. The Morgan fingerprint density at radius 1 is 1.43 bits per heavy atom. The number of hydrogen-bond acceptors (Lipinski definition) is 3. The Balaban J connectivity index is 2.12. The summed E-state index contributed by atoms with van der Waals surface area (Å²) < 4.78 is 0. The van der Waals surface area contributed by atoms with E-state index in [2.05, 4.69) is 0 Å². The van der Waals surface area contributed by atoms with Gasteiger partial charge in [-0.1, -0.05) is 6.07 Å². The number of carbonyl (C=O) groups is 1. The summed E-state index contributed by atoms with van der Waals surface area (Å²) in [6.45, 7) is 0.767. The first-order chi connectivity index (χ1) is 6.66. The number of β-amino-alcohol motifs (C(OH)–C–C–N with tert-alkyl or cyclic N) is 1. The fourth-order valence-electron chi connectivity index (χ4n) is 1.44. The highest BCUT2D eigenvalue weighted by atomic mass is 16.3. The first kappa shape index (κ1) is 9.02. The van der Waals surface area contributed by atoms with Gasteiger partial charge in [0.25, 0.3) is 5.91 Å². The van der Waals surface area contributed by atoms with E-state index in [1.54, 1.807) is 17.0 Å². The van der Waals surface area contributed by atoms with Gasteiger partial charge in [0.15, 0.2) is 0 Å². The van der Waals surface area contributed by atoms with Crippen molar-refractivity contribution in [3.8, 4) is 5.75 Å². The normalized spacial score (nSPS) is 16.5. The molecule has 0 aromatic heterocycles. The molecule has 1 aromatic rings. The van der Waals surface area contributed by atoms with Gasteiger partial charge in [-0.15, -0.1) is 0 Å². The average Bonchev–Trinajstić information content (AvgIpc) is 2.12. The first-order valence-corrected chi connectivity index (χ1v) is 4.43. The van der Waals surface area contributed by atoms with E-state index < -0.39 is 6.10 Å². The van der Waals surface area contributed by atoms with Crippen LogP contribution in [0.15, 0.2) is 24.3 Å². The number of aliphatic hydroxyl groups excluding tert-OH is 1. The quantitative estimate of drug-likeness (QED) is 0.670. The molecule has 0 bridgehead atoms. The van der Waals surface area contributed by atoms with Crippen molar-refractivity contribution >= 4 is 5.91 Å². The van der Waals surface area contributed by atoms with E-state index in [4.69, 9.17) is 10.2 Å². The average molecular weight is 193 g/mol. The Morgan fingerprint density at radius 2 is 2.14 bits per heavy atom. The summed E-state index contributed by atoms with van der Waals surface area (Å²) in [5, 5.41) is 18.2. The first-order valence-electron chi connectivity index (χ1n) is 4.43. The zero-order valence-corrected chi connectivity index (χ0v) is 7.55. The van der Waals surface area contributed by atoms with Crippen LogP contribution >= 0.6 is 0 Å². The van der Waals surface area contributed by atoms with Crippen molar-refractivity contribution in [2.45, 2.75) is 6.10 Å². The van der Waals surface area contributed by atoms with Crippen LogP contribution in [0, 0.1) is 0 Å². The molecule has 1 heterocycles. The molecule has 0 spiro atoms. The van der Waals surface area contributed by atoms with Crippen LogP contribution in [0.1, 0.15) is 10.4 Å². The second kappa shape index (κ2) is 3.31. The van der Waals surface area contributed by atoms with Crippen molar-refractivity contribution in [3.05, 3.63) is 29.8 Å². The van der Waals surface area contributed by atoms with E-state index in [0.717, 1.165) is 0 Å². The number of rotatable bonds is 1. The zero-order valence-electron chi connectivity index (χ0n) is 7.55. The molecule has 1 amide bonds. The Labute approximate surface area is 81.4 Å². The van der Waals surface area contributed by atoms with Gasteiger partial charge in [0.2, 0.25) is 0 Å². The minimum absolute atomic E-state index is 0.0805. The molecular weight excluding hydrogens is 182 g/mol. The van der Waals surface area contributed by atoms with Gasteiger partial charge in [0.05, 0.1) is 6.10 Å². The Bertz CT molecular complexity index is 358. The van der Waals surface area contributed by atoms with Crippen LogP contribution in [-0.2, 0) is 0 Å². The summed E-state index contributed by atoms with van der Waals surface area (Å²) in [4.78, 5) is 13.2. The number of likely N-dealkylation sites (tertiary alicyclic amines) is 1. The lowest BCUT2D eigenvalue weighted by molar-refractivity contribution is 0.00588. The predicted octanol–water partition coefficient (Wildman–Crippen LogP) is 0.209. The molecule has 74 valence electrons. The molecule has 14 heavy (non-hydrogen) atoms. The third-order valence-electron chi connectivity index (χ3n) is 2.24. The highest BCUT2D eigenvalue weighted by Crippen LogP contribution is 2.16. The van der Waals surface area contributed by atoms with Gasteiger partial charge in [-0.05, 0) is 18.2 Å². The number of phenolic OH excluding ortho intramolecular Hbond substituents is 1. The molecule has 0 unspecified atom stereocenters. The maximum Gasteiger partial charge on any atom is 0.254 e. The van der Waals surface area contributed by atoms with Crippen LogP contribution in [0.3, 0.4) is 0 Å². The number of hydrogen-bond donors (Lipinski definition) is 2. The molecule has 1 aliphatic heterocycles. The lowest BCUT2D eigenvalue weighted by Gasteiger charge is -2.35. The molecular formula is C10H11NO3. The maximum atomic E-state index is 11.6. The molecule has 1 saturated heterocycles. The van der Waals surface area contributed by atoms with E-state index in [-0.39, 0.29) is 11.7 Å². The standard InChI is InChI=1S/C10H11NO3/c12-8-3-1-2-7(4-8)10(14)11-5-9(13)6-11/h1-4,9,12-13H,5-6H2. The minimum atomic E-state index is -0.392. The van der Waals surface area contributed by atoms with Crippen molar-refractivity contribution in [2.75, 3.05) is 13.1 Å². The van der Waals surface area contributed by atoms with Gasteiger partial charge >= 0.3 is 0 Å². The van der Waals surface area contributed by atoms with Gasteiger partial charge in [0, 0.05) is 18.7 Å². The van der Waals surface area contributed by atoms with Crippen LogP contribution < -0.4 is 0 Å². The molecule has 2 N–H and O–H groups in total. The third-order valence-corrected chi connectivity index (χ3v) is 2.24. The van der Waals surface area contributed by atoms with Crippen LogP contribution in [0.5, 0.6) is 5.75 Å². The molecule has 4 heteroatoms. The van der Waals surface area contributed by atoms with Crippen LogP contribution in [-0.4, -0.2) is 40.2 Å². The van der Waals surface area contributed by atoms with Gasteiger partial charge < -0.3 is 15.1 Å². The molecule has 1 aliphatic rings. The second-order valence-corrected chi connectivity index (χ2v) is 3.41. The maximum absolute atomic E-state index is 11.6. The van der Waals surface area contributed by atoms with Crippen molar-refractivity contribution in [3.63, 3.8) is 0 Å². The number of amides is 1. The molecule has 4 nitrogen and oxygen atoms in total. The van der Waals surface area contributed by atoms with Gasteiger partial charge in [0.1, 0.15) is 5.75 Å². The number of nitrogens with zero attached hydrogens (tertiary/aromatic N) is 1. The monoisotopic (exact) mass is 193 g/mol. The lowest BCUT2D eigenvalue weighted by atomic mass is 10.1. The van der Waals surface area contributed by atoms with E-state index in [1.807, 2.05) is 0 Å². The van der Waals surface area contributed by atoms with E-state index >= 15 is 0 Å². The molecule has 1 aromatic carbocycles. The largest absolute Gasteiger partial charge is 0.508 e. The van der Waals surface area contributed by atoms with Crippen molar-refractivity contribution in [2.24, 2.45) is 0 Å². The second-order valence-electron chi connectivity index (χ2n) is 3.41. The third kappa shape index (κ3) is 1.56. The zero-order chi connectivity index (χ0) is 10.1. The van der Waals surface area contributed by atoms with E-state index in [1.165, 1.54) is 12.1 Å². The fourth-order valence-corrected chi connectivity index (χ4v) is 1.44. The summed E-state index contributed by atoms with van der Waals surface area (Å²) >= 11 is 0. The number of phenols is 1. The minimum Gasteiger partial charge on any atom is -0.508 e. The van der Waals surface area contributed by atoms with E-state index in [0.29, 0.717) is 18.7 Å². The van der Waals surface area contributed by atoms with Crippen LogP contribution in [0.2, 0.25) is 0 Å². The summed E-state index contributed by atoms with van der Waals surface area (Å²) in [5.74, 6) is -0.0666. The molecule has 0 aliphatic carbocycles. The summed E-state index contributed by atoms with van der Waals surface area (Å²) in [7, 11) is 0. The number of aromatic hydroxyl groups is 1. The Morgan fingerprint density at radius 3 is 2.71 bits per heavy atom. The number of aliphatic hydroxyl groups is 1. The van der Waals surface area contributed by atoms with Gasteiger partial charge in [-0.2, -0.15) is 0 Å². The SMILES string of the molecule is O=C(c1cccc(O)c1)N1CC(O)C1. The lowest BCUT2D eigenvalue weighted by Crippen LogP contribution is -2.53. The summed E-state index contributed by atoms with van der Waals surface area (Å²) in [6, 6.07) is 6.21. The Hall–Kier alpha value is -1.55. The number of carbonyl (C=O) groups excluding carboxylic acids is 1. The van der Waals surface area contributed by atoms with Crippen LogP contribution in [0.4, 0.5) is 0 Å². The Kier molecular flexibility index (Phi) is 2.13. The smallest absolute Gasteiger partial charge is 0.254 e. The van der Waals surface area contributed by atoms with Crippen molar-refractivity contribution in [1.29, 1.82) is 0 Å². The fraction of sp³-hybridized carbons (Fsp3) is 0.300. The van der Waals surface area contributed by atoms with Gasteiger partial charge in [-0.25, -0.2) is 0 Å². The summed E-state index contributed by atoms with van der Waals surface area (Å²) in [5.41, 5.74) is 0.455. The highest BCUT2D eigenvalue weighted by Gasteiger charge is 2.29. The molecule has 2 rings (SSSR count). The molecule has 0 saturated carbocycles. The predicted molar refractivity (Wildman–Crippen MR) is 50.0 cm³/mol. The van der Waals surface area contributed by atoms with Crippen LogP contribution in [0.25, 0.3) is 0 Å². The van der Waals surface area contributed by atoms with Gasteiger partial charge in [-0.3, -0.25) is 4.79 Å². The van der Waals surface area contributed by atoms with Crippen molar-refractivity contribution in [1.82, 2.24) is 4.90 Å². The summed E-state index contributed by atoms with van der Waals surface area (Å²) in [6.07, 6.45) is -0.392. The topological polar surface area (TPSA) is 60.8 Å². The molecule has 1 fully saturated rings. The molecule has 0 radical (unpaired) electrons.